The number of thioether (sulfide) groups is 1. The van der Waals surface area contributed by atoms with E-state index in [0.717, 1.165) is 26.2 Å². The fourth-order valence-electron chi connectivity index (χ4n) is 5.00. The van der Waals surface area contributed by atoms with E-state index in [4.69, 9.17) is 0 Å². The van der Waals surface area contributed by atoms with Crippen LogP contribution in [-0.4, -0.2) is 47.6 Å². The lowest BCUT2D eigenvalue weighted by molar-refractivity contribution is -0.130. The standard InChI is InChI=1S/C32H32N2OS/c35-30(25-36-32(28-17-9-3-10-18-28)29-19-11-4-12-20-29)33-21-23-34(24-22-33)31(26-13-5-1-6-14-26)27-15-7-2-8-16-27/h1-20,31-32H,21-25H2. The average molecular weight is 493 g/mol. The number of piperazine rings is 1. The molecule has 0 atom stereocenters. The minimum atomic E-state index is 0.151. The van der Waals surface area contributed by atoms with Gasteiger partial charge in [0, 0.05) is 26.2 Å². The molecule has 1 amide bonds. The van der Waals surface area contributed by atoms with E-state index in [9.17, 15) is 4.79 Å². The minimum absolute atomic E-state index is 0.151. The number of nitrogens with zero attached hydrogens (tertiary/aromatic N) is 2. The third-order valence-electron chi connectivity index (χ3n) is 6.84. The first kappa shape index (κ1) is 24.4. The molecule has 1 saturated heterocycles. The highest BCUT2D eigenvalue weighted by Gasteiger charge is 2.28. The lowest BCUT2D eigenvalue weighted by Gasteiger charge is -2.40. The van der Waals surface area contributed by atoms with Crippen LogP contribution in [0.15, 0.2) is 121 Å². The van der Waals surface area contributed by atoms with Crippen LogP contribution in [0.3, 0.4) is 0 Å². The van der Waals surface area contributed by atoms with Crippen molar-refractivity contribution in [2.45, 2.75) is 11.3 Å². The van der Waals surface area contributed by atoms with E-state index in [1.807, 2.05) is 17.0 Å². The Kier molecular flexibility index (Phi) is 8.17. The predicted octanol–water partition coefficient (Wildman–Crippen LogP) is 6.44. The van der Waals surface area contributed by atoms with E-state index in [1.54, 1.807) is 11.8 Å². The van der Waals surface area contributed by atoms with Gasteiger partial charge >= 0.3 is 0 Å². The van der Waals surface area contributed by atoms with Crippen molar-refractivity contribution in [3.05, 3.63) is 144 Å². The number of amides is 1. The fourth-order valence-corrected chi connectivity index (χ4v) is 6.19. The summed E-state index contributed by atoms with van der Waals surface area (Å²) in [7, 11) is 0. The Hall–Kier alpha value is -3.34. The highest BCUT2D eigenvalue weighted by atomic mass is 32.2. The number of carbonyl (C=O) groups is 1. The van der Waals surface area contributed by atoms with Gasteiger partial charge in [-0.2, -0.15) is 0 Å². The van der Waals surface area contributed by atoms with Crippen molar-refractivity contribution in [1.82, 2.24) is 9.80 Å². The van der Waals surface area contributed by atoms with Gasteiger partial charge in [0.1, 0.15) is 0 Å². The van der Waals surface area contributed by atoms with Gasteiger partial charge in [-0.05, 0) is 22.3 Å². The zero-order chi connectivity index (χ0) is 24.6. The van der Waals surface area contributed by atoms with Crippen LogP contribution < -0.4 is 0 Å². The zero-order valence-corrected chi connectivity index (χ0v) is 21.3. The third-order valence-corrected chi connectivity index (χ3v) is 8.13. The van der Waals surface area contributed by atoms with Gasteiger partial charge in [-0.15, -0.1) is 11.8 Å². The maximum absolute atomic E-state index is 13.3. The van der Waals surface area contributed by atoms with Crippen LogP contribution in [0.2, 0.25) is 0 Å². The van der Waals surface area contributed by atoms with E-state index in [0.29, 0.717) is 5.75 Å². The first-order valence-corrected chi connectivity index (χ1v) is 13.7. The van der Waals surface area contributed by atoms with E-state index < -0.39 is 0 Å². The Bertz CT molecular complexity index is 1130. The molecule has 0 saturated carbocycles. The SMILES string of the molecule is O=C(CSC(c1ccccc1)c1ccccc1)N1CCN(C(c2ccccc2)c2ccccc2)CC1. The molecule has 0 bridgehead atoms. The summed E-state index contributed by atoms with van der Waals surface area (Å²) in [6, 6.07) is 42.6. The van der Waals surface area contributed by atoms with Gasteiger partial charge in [-0.3, -0.25) is 9.69 Å². The van der Waals surface area contributed by atoms with Crippen molar-refractivity contribution in [3.63, 3.8) is 0 Å². The van der Waals surface area contributed by atoms with Gasteiger partial charge in [-0.25, -0.2) is 0 Å². The van der Waals surface area contributed by atoms with Crippen molar-refractivity contribution in [2.75, 3.05) is 31.9 Å². The summed E-state index contributed by atoms with van der Waals surface area (Å²) >= 11 is 1.73. The topological polar surface area (TPSA) is 23.6 Å². The first-order chi connectivity index (χ1) is 17.8. The Labute approximate surface area is 218 Å². The van der Waals surface area contributed by atoms with Crippen molar-refractivity contribution in [1.29, 1.82) is 0 Å². The molecule has 1 aliphatic heterocycles. The monoisotopic (exact) mass is 492 g/mol. The van der Waals surface area contributed by atoms with Gasteiger partial charge in [0.05, 0.1) is 17.0 Å². The summed E-state index contributed by atoms with van der Waals surface area (Å²) in [5.41, 5.74) is 5.07. The number of carbonyl (C=O) groups excluding carboxylic acids is 1. The van der Waals surface area contributed by atoms with E-state index >= 15 is 0 Å². The smallest absolute Gasteiger partial charge is 0.232 e. The molecule has 0 N–H and O–H groups in total. The molecule has 0 aliphatic carbocycles. The second-order valence-electron chi connectivity index (χ2n) is 9.15. The van der Waals surface area contributed by atoms with Gasteiger partial charge < -0.3 is 4.90 Å². The molecule has 182 valence electrons. The van der Waals surface area contributed by atoms with E-state index in [2.05, 4.69) is 114 Å². The summed E-state index contributed by atoms with van der Waals surface area (Å²) < 4.78 is 0. The van der Waals surface area contributed by atoms with Crippen LogP contribution in [0.1, 0.15) is 33.5 Å². The molecule has 0 radical (unpaired) electrons. The van der Waals surface area contributed by atoms with Crippen LogP contribution in [0.25, 0.3) is 0 Å². The maximum Gasteiger partial charge on any atom is 0.232 e. The Balaban J connectivity index is 1.24. The normalized spacial score (nSPS) is 14.3. The van der Waals surface area contributed by atoms with Gasteiger partial charge in [0.25, 0.3) is 0 Å². The molecule has 5 rings (SSSR count). The Morgan fingerprint density at radius 1 is 0.583 bits per heavy atom. The number of hydrogen-bond donors (Lipinski definition) is 0. The second-order valence-corrected chi connectivity index (χ2v) is 10.2. The van der Waals surface area contributed by atoms with Gasteiger partial charge in [0.2, 0.25) is 5.91 Å². The zero-order valence-electron chi connectivity index (χ0n) is 20.4. The van der Waals surface area contributed by atoms with E-state index in [1.165, 1.54) is 22.3 Å². The third kappa shape index (κ3) is 5.89. The molecule has 1 heterocycles. The van der Waals surface area contributed by atoms with Gasteiger partial charge in [-0.1, -0.05) is 121 Å². The Morgan fingerprint density at radius 3 is 1.39 bits per heavy atom. The van der Waals surface area contributed by atoms with Crippen molar-refractivity contribution < 1.29 is 4.79 Å². The fraction of sp³-hybridized carbons (Fsp3) is 0.219. The lowest BCUT2D eigenvalue weighted by atomic mass is 9.96. The summed E-state index contributed by atoms with van der Waals surface area (Å²) in [6.45, 7) is 3.26. The molecule has 0 spiro atoms. The summed E-state index contributed by atoms with van der Waals surface area (Å²) in [5.74, 6) is 0.711. The van der Waals surface area contributed by atoms with Crippen molar-refractivity contribution in [3.8, 4) is 0 Å². The minimum Gasteiger partial charge on any atom is -0.339 e. The molecule has 4 heteroatoms. The highest BCUT2D eigenvalue weighted by Crippen LogP contribution is 2.36. The van der Waals surface area contributed by atoms with E-state index in [-0.39, 0.29) is 17.2 Å². The summed E-state index contributed by atoms with van der Waals surface area (Å²) in [6.07, 6.45) is 0. The largest absolute Gasteiger partial charge is 0.339 e. The Morgan fingerprint density at radius 2 is 0.972 bits per heavy atom. The van der Waals surface area contributed by atoms with Crippen molar-refractivity contribution in [2.24, 2.45) is 0 Å². The molecular formula is C32H32N2OS. The summed E-state index contributed by atoms with van der Waals surface area (Å²) in [5, 5.41) is 0.151. The molecule has 4 aromatic carbocycles. The lowest BCUT2D eigenvalue weighted by Crippen LogP contribution is -2.50. The molecule has 0 unspecified atom stereocenters. The molecule has 1 fully saturated rings. The van der Waals surface area contributed by atoms with Crippen LogP contribution in [-0.2, 0) is 4.79 Å². The molecule has 36 heavy (non-hydrogen) atoms. The number of hydrogen-bond acceptors (Lipinski definition) is 3. The average Bonchev–Trinajstić information content (AvgIpc) is 2.96. The van der Waals surface area contributed by atoms with Crippen LogP contribution in [0.5, 0.6) is 0 Å². The summed E-state index contributed by atoms with van der Waals surface area (Å²) in [4.78, 5) is 17.8. The quantitative estimate of drug-likeness (QED) is 0.283. The molecule has 0 aromatic heterocycles. The predicted molar refractivity (Wildman–Crippen MR) is 150 cm³/mol. The first-order valence-electron chi connectivity index (χ1n) is 12.6. The van der Waals surface area contributed by atoms with Gasteiger partial charge in [0.15, 0.2) is 0 Å². The van der Waals surface area contributed by atoms with Crippen LogP contribution in [0, 0.1) is 0 Å². The van der Waals surface area contributed by atoms with Crippen LogP contribution >= 0.6 is 11.8 Å². The maximum atomic E-state index is 13.3. The van der Waals surface area contributed by atoms with Crippen molar-refractivity contribution >= 4 is 17.7 Å². The number of benzene rings is 4. The number of rotatable bonds is 8. The molecule has 3 nitrogen and oxygen atoms in total. The second kappa shape index (κ2) is 12.1. The van der Waals surface area contributed by atoms with Crippen LogP contribution in [0.4, 0.5) is 0 Å². The molecule has 1 aliphatic rings. The highest BCUT2D eigenvalue weighted by molar-refractivity contribution is 8.00. The molecule has 4 aromatic rings. The molecular weight excluding hydrogens is 460 g/mol.